The van der Waals surface area contributed by atoms with Gasteiger partial charge in [-0.05, 0) is 48.7 Å². The summed E-state index contributed by atoms with van der Waals surface area (Å²) in [7, 11) is 0. The number of amides is 1. The van der Waals surface area contributed by atoms with Crippen LogP contribution in [0.2, 0.25) is 15.1 Å². The molecule has 13 heteroatoms. The van der Waals surface area contributed by atoms with E-state index in [0.29, 0.717) is 11.1 Å². The molecule has 0 saturated heterocycles. The summed E-state index contributed by atoms with van der Waals surface area (Å²) in [4.78, 5) is 12.3. The van der Waals surface area contributed by atoms with Gasteiger partial charge in [-0.2, -0.15) is 26.3 Å². The van der Waals surface area contributed by atoms with E-state index in [4.69, 9.17) is 47.0 Å². The van der Waals surface area contributed by atoms with Gasteiger partial charge in [0.15, 0.2) is 0 Å². The van der Waals surface area contributed by atoms with Crippen molar-refractivity contribution in [3.8, 4) is 0 Å². The second kappa shape index (κ2) is 12.0. The van der Waals surface area contributed by atoms with E-state index in [9.17, 15) is 31.1 Å². The highest BCUT2D eigenvalue weighted by Crippen LogP contribution is 2.41. The molecule has 0 radical (unpaired) electrons. The molecule has 2 rings (SSSR count). The Morgan fingerprint density at radius 1 is 1.06 bits per heavy atom. The van der Waals surface area contributed by atoms with Crippen molar-refractivity contribution in [1.29, 1.82) is 0 Å². The highest BCUT2D eigenvalue weighted by molar-refractivity contribution is 7.80. The van der Waals surface area contributed by atoms with Crippen LogP contribution >= 0.6 is 47.0 Å². The number of benzene rings is 2. The number of aryl methyl sites for hydroxylation is 1. The lowest BCUT2D eigenvalue weighted by Gasteiger charge is -2.19. The molecule has 0 saturated carbocycles. The minimum absolute atomic E-state index is 0.0531. The van der Waals surface area contributed by atoms with Crippen molar-refractivity contribution in [3.05, 3.63) is 73.7 Å². The number of allylic oxidation sites excluding steroid dienone is 1. The molecule has 0 spiro atoms. The van der Waals surface area contributed by atoms with Crippen LogP contribution < -0.4 is 10.6 Å². The predicted molar refractivity (Wildman–Crippen MR) is 134 cm³/mol. The maximum absolute atomic E-state index is 13.7. The zero-order valence-corrected chi connectivity index (χ0v) is 21.7. The van der Waals surface area contributed by atoms with Crippen molar-refractivity contribution in [2.24, 2.45) is 0 Å². The molecule has 0 heterocycles. The van der Waals surface area contributed by atoms with Crippen molar-refractivity contribution in [2.75, 3.05) is 6.54 Å². The third kappa shape index (κ3) is 8.54. The summed E-state index contributed by atoms with van der Waals surface area (Å²) in [6.07, 6.45) is -6.95. The molecule has 2 atom stereocenters. The molecule has 0 aromatic heterocycles. The molecule has 1 amide bonds. The summed E-state index contributed by atoms with van der Waals surface area (Å²) < 4.78 is 78.2. The summed E-state index contributed by atoms with van der Waals surface area (Å²) in [5.74, 6) is -2.63. The Hall–Kier alpha value is -2.01. The van der Waals surface area contributed by atoms with Crippen LogP contribution in [0, 0.1) is 6.92 Å². The van der Waals surface area contributed by atoms with Crippen LogP contribution in [0.5, 0.6) is 0 Å². The van der Waals surface area contributed by atoms with Crippen LogP contribution in [-0.2, 0) is 0 Å². The van der Waals surface area contributed by atoms with Gasteiger partial charge in [0.2, 0.25) is 0 Å². The number of alkyl halides is 6. The maximum Gasteiger partial charge on any atom is 0.405 e. The van der Waals surface area contributed by atoms with Gasteiger partial charge in [0.05, 0.1) is 32.0 Å². The van der Waals surface area contributed by atoms with E-state index in [0.717, 1.165) is 18.2 Å². The molecule has 2 N–H and O–H groups in total. The standard InChI is InChI=1S/C23H19Cl3F6N2OS/c1-11-7-13(3-5-15(11)20(35)34-12(2)21(36)33-10-22(27,28)29)4-6-16(23(30,31)32)14-8-17(24)19(26)18(25)9-14/h3-9,12,16H,10H2,1-2H3,(H,33,36)(H,34,35)/b6-4+/t12-,16?/m1/s1. The van der Waals surface area contributed by atoms with Crippen LogP contribution in [-0.4, -0.2) is 35.8 Å². The fourth-order valence-electron chi connectivity index (χ4n) is 3.10. The van der Waals surface area contributed by atoms with E-state index < -0.39 is 36.8 Å². The Morgan fingerprint density at radius 2 is 1.64 bits per heavy atom. The number of halogens is 9. The first-order valence-corrected chi connectivity index (χ1v) is 11.7. The quantitative estimate of drug-likeness (QED) is 0.195. The van der Waals surface area contributed by atoms with Gasteiger partial charge in [0.25, 0.3) is 5.91 Å². The molecule has 0 aliphatic carbocycles. The number of carbonyl (C=O) groups is 1. The largest absolute Gasteiger partial charge is 0.405 e. The molecule has 36 heavy (non-hydrogen) atoms. The van der Waals surface area contributed by atoms with E-state index in [1.165, 1.54) is 31.2 Å². The lowest BCUT2D eigenvalue weighted by molar-refractivity contribution is -0.139. The van der Waals surface area contributed by atoms with Gasteiger partial charge in [0.1, 0.15) is 6.54 Å². The average Bonchev–Trinajstić information content (AvgIpc) is 2.74. The van der Waals surface area contributed by atoms with Crippen molar-refractivity contribution >= 4 is 64.0 Å². The Bertz CT molecular complexity index is 1140. The zero-order valence-electron chi connectivity index (χ0n) is 18.6. The lowest BCUT2D eigenvalue weighted by Crippen LogP contribution is -2.46. The number of hydrogen-bond acceptors (Lipinski definition) is 2. The molecular weight excluding hydrogens is 573 g/mol. The highest BCUT2D eigenvalue weighted by Gasteiger charge is 2.39. The summed E-state index contributed by atoms with van der Waals surface area (Å²) in [5.41, 5.74) is 0.785. The molecule has 3 nitrogen and oxygen atoms in total. The fraction of sp³-hybridized carbons (Fsp3) is 0.304. The molecule has 1 unspecified atom stereocenters. The van der Waals surface area contributed by atoms with E-state index in [1.807, 2.05) is 5.32 Å². The second-order valence-corrected chi connectivity index (χ2v) is 9.41. The average molecular weight is 592 g/mol. The number of rotatable bonds is 7. The SMILES string of the molecule is Cc1cc(/C=C/C(c2cc(Cl)c(Cl)c(Cl)c2)C(F)(F)F)ccc1C(=O)N[C@H](C)C(=S)NCC(F)(F)F. The topological polar surface area (TPSA) is 41.1 Å². The van der Waals surface area contributed by atoms with Gasteiger partial charge in [-0.25, -0.2) is 0 Å². The van der Waals surface area contributed by atoms with Gasteiger partial charge < -0.3 is 10.6 Å². The van der Waals surface area contributed by atoms with E-state index in [1.54, 1.807) is 6.92 Å². The van der Waals surface area contributed by atoms with Gasteiger partial charge in [0, 0.05) is 5.56 Å². The first kappa shape index (κ1) is 30.2. The summed E-state index contributed by atoms with van der Waals surface area (Å²) in [6.45, 7) is 1.65. The van der Waals surface area contributed by atoms with Crippen LogP contribution in [0.25, 0.3) is 6.08 Å². The van der Waals surface area contributed by atoms with Crippen molar-refractivity contribution in [3.63, 3.8) is 0 Å². The van der Waals surface area contributed by atoms with Crippen molar-refractivity contribution in [2.45, 2.75) is 38.2 Å². The lowest BCUT2D eigenvalue weighted by atomic mass is 9.96. The number of nitrogens with one attached hydrogen (secondary N) is 2. The van der Waals surface area contributed by atoms with Crippen LogP contribution in [0.1, 0.15) is 39.9 Å². The molecule has 0 fully saturated rings. The third-order valence-electron chi connectivity index (χ3n) is 4.90. The van der Waals surface area contributed by atoms with E-state index >= 15 is 0 Å². The minimum atomic E-state index is -4.65. The molecule has 196 valence electrons. The van der Waals surface area contributed by atoms with E-state index in [-0.39, 0.29) is 31.2 Å². The molecule has 0 aliphatic rings. The Kier molecular flexibility index (Phi) is 10.1. The van der Waals surface area contributed by atoms with Gasteiger partial charge in [-0.1, -0.05) is 71.3 Å². The van der Waals surface area contributed by atoms with Gasteiger partial charge in [-0.3, -0.25) is 4.79 Å². The number of thiocarbonyl (C=S) groups is 1. The highest BCUT2D eigenvalue weighted by atomic mass is 35.5. The molecule has 2 aromatic carbocycles. The van der Waals surface area contributed by atoms with Gasteiger partial charge >= 0.3 is 12.4 Å². The smallest absolute Gasteiger partial charge is 0.369 e. The predicted octanol–water partition coefficient (Wildman–Crippen LogP) is 7.91. The third-order valence-corrected chi connectivity index (χ3v) is 6.59. The molecule has 0 aliphatic heterocycles. The first-order chi connectivity index (χ1) is 16.5. The molecular formula is C23H19Cl3F6N2OS. The second-order valence-electron chi connectivity index (χ2n) is 7.78. The monoisotopic (exact) mass is 590 g/mol. The summed E-state index contributed by atoms with van der Waals surface area (Å²) in [6, 6.07) is 5.60. The Balaban J connectivity index is 2.19. The Morgan fingerprint density at radius 3 is 2.14 bits per heavy atom. The van der Waals surface area contributed by atoms with Crippen molar-refractivity contribution in [1.82, 2.24) is 10.6 Å². The number of hydrogen-bond donors (Lipinski definition) is 2. The molecule has 2 aromatic rings. The first-order valence-electron chi connectivity index (χ1n) is 10.1. The fourth-order valence-corrected chi connectivity index (χ4v) is 3.84. The summed E-state index contributed by atoms with van der Waals surface area (Å²) >= 11 is 22.5. The maximum atomic E-state index is 13.7. The zero-order chi connectivity index (χ0) is 27.4. The van der Waals surface area contributed by atoms with Crippen molar-refractivity contribution < 1.29 is 31.1 Å². The van der Waals surface area contributed by atoms with Crippen LogP contribution in [0.4, 0.5) is 26.3 Å². The summed E-state index contributed by atoms with van der Waals surface area (Å²) in [5, 5.41) is 4.24. The number of carbonyl (C=O) groups excluding carboxylic acids is 1. The molecule has 0 bridgehead atoms. The van der Waals surface area contributed by atoms with Crippen LogP contribution in [0.3, 0.4) is 0 Å². The van der Waals surface area contributed by atoms with E-state index in [2.05, 4.69) is 5.32 Å². The minimum Gasteiger partial charge on any atom is -0.369 e. The Labute approximate surface area is 223 Å². The van der Waals surface area contributed by atoms with Gasteiger partial charge in [-0.15, -0.1) is 0 Å². The van der Waals surface area contributed by atoms with Crippen LogP contribution in [0.15, 0.2) is 36.4 Å². The normalized spacial score (nSPS) is 14.0.